The van der Waals surface area contributed by atoms with E-state index in [1.165, 1.54) is 12.8 Å². The van der Waals surface area contributed by atoms with Gasteiger partial charge in [-0.2, -0.15) is 0 Å². The second-order valence-corrected chi connectivity index (χ2v) is 5.82. The van der Waals surface area contributed by atoms with Gasteiger partial charge in [-0.25, -0.2) is 0 Å². The summed E-state index contributed by atoms with van der Waals surface area (Å²) in [5.74, 6) is 0. The number of aromatic nitrogens is 2. The van der Waals surface area contributed by atoms with Crippen molar-refractivity contribution in [2.75, 3.05) is 10.6 Å². The number of nitrogens with two attached hydrogens (primary N) is 1. The molecule has 1 aromatic heterocycles. The monoisotopic (exact) mass is 260 g/mol. The molecule has 2 N–H and O–H groups in total. The number of aryl methyl sites for hydroxylation is 1. The van der Waals surface area contributed by atoms with E-state index in [0.717, 1.165) is 27.9 Å². The van der Waals surface area contributed by atoms with E-state index in [0.29, 0.717) is 6.04 Å². The first kappa shape index (κ1) is 11.5. The Labute approximate surface area is 110 Å². The predicted octanol–water partition coefficient (Wildman–Crippen LogP) is 2.60. The molecular weight excluding hydrogens is 244 g/mol. The van der Waals surface area contributed by atoms with Gasteiger partial charge in [0.1, 0.15) is 5.01 Å². The van der Waals surface area contributed by atoms with Gasteiger partial charge in [-0.15, -0.1) is 10.2 Å². The predicted molar refractivity (Wildman–Crippen MR) is 74.7 cm³/mol. The SMILES string of the molecule is Cc1nnc(N(Cc2ccccc2N)C2CC2)s1. The Morgan fingerprint density at radius 2 is 2.11 bits per heavy atom. The topological polar surface area (TPSA) is 55.0 Å². The number of hydrogen-bond donors (Lipinski definition) is 1. The van der Waals surface area contributed by atoms with Crippen LogP contribution in [0.2, 0.25) is 0 Å². The molecule has 0 spiro atoms. The molecule has 3 rings (SSSR count). The largest absolute Gasteiger partial charge is 0.398 e. The van der Waals surface area contributed by atoms with Crippen LogP contribution in [0.3, 0.4) is 0 Å². The molecule has 5 heteroatoms. The molecule has 0 radical (unpaired) electrons. The third kappa shape index (κ3) is 2.31. The summed E-state index contributed by atoms with van der Waals surface area (Å²) in [6, 6.07) is 8.64. The summed E-state index contributed by atoms with van der Waals surface area (Å²) in [4.78, 5) is 2.33. The van der Waals surface area contributed by atoms with E-state index in [2.05, 4.69) is 21.2 Å². The molecule has 1 aliphatic carbocycles. The van der Waals surface area contributed by atoms with E-state index in [1.807, 2.05) is 25.1 Å². The molecule has 94 valence electrons. The summed E-state index contributed by atoms with van der Waals surface area (Å²) in [6.07, 6.45) is 2.48. The van der Waals surface area contributed by atoms with Gasteiger partial charge in [0, 0.05) is 18.3 Å². The molecule has 0 atom stereocenters. The van der Waals surface area contributed by atoms with E-state index >= 15 is 0 Å². The van der Waals surface area contributed by atoms with Gasteiger partial charge in [0.2, 0.25) is 5.13 Å². The van der Waals surface area contributed by atoms with Crippen molar-refractivity contribution in [3.05, 3.63) is 34.8 Å². The lowest BCUT2D eigenvalue weighted by molar-refractivity contribution is 0.781. The molecule has 1 saturated carbocycles. The van der Waals surface area contributed by atoms with Crippen molar-refractivity contribution in [2.24, 2.45) is 0 Å². The van der Waals surface area contributed by atoms with Gasteiger partial charge in [-0.1, -0.05) is 29.5 Å². The van der Waals surface area contributed by atoms with E-state index in [1.54, 1.807) is 11.3 Å². The van der Waals surface area contributed by atoms with Gasteiger partial charge in [0.25, 0.3) is 0 Å². The minimum Gasteiger partial charge on any atom is -0.398 e. The third-order valence-corrected chi connectivity index (χ3v) is 4.02. The highest BCUT2D eigenvalue weighted by Gasteiger charge is 2.31. The lowest BCUT2D eigenvalue weighted by Crippen LogP contribution is -2.25. The van der Waals surface area contributed by atoms with Gasteiger partial charge < -0.3 is 10.6 Å². The van der Waals surface area contributed by atoms with E-state index < -0.39 is 0 Å². The van der Waals surface area contributed by atoms with Crippen molar-refractivity contribution in [2.45, 2.75) is 32.4 Å². The molecule has 2 aromatic rings. The second-order valence-electron chi connectivity index (χ2n) is 4.66. The number of anilines is 2. The number of nitrogens with zero attached hydrogens (tertiary/aromatic N) is 3. The summed E-state index contributed by atoms with van der Waals surface area (Å²) in [6.45, 7) is 2.81. The number of nitrogen functional groups attached to an aromatic ring is 1. The Kier molecular flexibility index (Phi) is 2.91. The van der Waals surface area contributed by atoms with Gasteiger partial charge in [-0.3, -0.25) is 0 Å². The smallest absolute Gasteiger partial charge is 0.208 e. The van der Waals surface area contributed by atoms with Crippen molar-refractivity contribution in [3.8, 4) is 0 Å². The van der Waals surface area contributed by atoms with Crippen molar-refractivity contribution in [1.29, 1.82) is 0 Å². The Morgan fingerprint density at radius 1 is 1.33 bits per heavy atom. The highest BCUT2D eigenvalue weighted by molar-refractivity contribution is 7.15. The Balaban J connectivity index is 1.85. The maximum atomic E-state index is 6.01. The third-order valence-electron chi connectivity index (χ3n) is 3.14. The first-order valence-corrected chi connectivity index (χ1v) is 6.96. The fraction of sp³-hybridized carbons (Fsp3) is 0.385. The quantitative estimate of drug-likeness (QED) is 0.859. The maximum absolute atomic E-state index is 6.01. The zero-order valence-corrected chi connectivity index (χ0v) is 11.2. The summed E-state index contributed by atoms with van der Waals surface area (Å²) < 4.78 is 0. The molecule has 0 aliphatic heterocycles. The summed E-state index contributed by atoms with van der Waals surface area (Å²) in [5.41, 5.74) is 8.03. The van der Waals surface area contributed by atoms with Gasteiger partial charge in [0.15, 0.2) is 0 Å². The first-order valence-electron chi connectivity index (χ1n) is 6.14. The molecule has 18 heavy (non-hydrogen) atoms. The minimum atomic E-state index is 0.608. The average Bonchev–Trinajstić information content (AvgIpc) is 3.11. The van der Waals surface area contributed by atoms with Crippen LogP contribution >= 0.6 is 11.3 Å². The molecule has 0 amide bonds. The lowest BCUT2D eigenvalue weighted by atomic mass is 10.1. The molecule has 4 nitrogen and oxygen atoms in total. The fourth-order valence-corrected chi connectivity index (χ4v) is 2.76. The number of hydrogen-bond acceptors (Lipinski definition) is 5. The molecule has 0 bridgehead atoms. The van der Waals surface area contributed by atoms with Crippen LogP contribution in [0.5, 0.6) is 0 Å². The van der Waals surface area contributed by atoms with E-state index in [4.69, 9.17) is 5.73 Å². The van der Waals surface area contributed by atoms with Crippen molar-refractivity contribution in [1.82, 2.24) is 10.2 Å². The van der Waals surface area contributed by atoms with E-state index in [9.17, 15) is 0 Å². The Hall–Kier alpha value is -1.62. The van der Waals surface area contributed by atoms with Gasteiger partial charge >= 0.3 is 0 Å². The van der Waals surface area contributed by atoms with Crippen molar-refractivity contribution in [3.63, 3.8) is 0 Å². The Bertz CT molecular complexity index is 547. The molecule has 1 heterocycles. The zero-order chi connectivity index (χ0) is 12.5. The summed E-state index contributed by atoms with van der Waals surface area (Å²) in [5, 5.41) is 10.4. The number of benzene rings is 1. The normalized spacial score (nSPS) is 14.7. The average molecular weight is 260 g/mol. The molecule has 1 aromatic carbocycles. The summed E-state index contributed by atoms with van der Waals surface area (Å²) >= 11 is 1.65. The lowest BCUT2D eigenvalue weighted by Gasteiger charge is -2.21. The molecule has 0 unspecified atom stereocenters. The van der Waals surface area contributed by atoms with Crippen LogP contribution in [-0.2, 0) is 6.54 Å². The zero-order valence-electron chi connectivity index (χ0n) is 10.3. The van der Waals surface area contributed by atoms with Crippen molar-refractivity contribution < 1.29 is 0 Å². The van der Waals surface area contributed by atoms with Crippen LogP contribution in [0.25, 0.3) is 0 Å². The molecule has 1 aliphatic rings. The van der Waals surface area contributed by atoms with Crippen LogP contribution in [0, 0.1) is 6.92 Å². The maximum Gasteiger partial charge on any atom is 0.208 e. The number of para-hydroxylation sites is 1. The van der Waals surface area contributed by atoms with Crippen LogP contribution in [0.4, 0.5) is 10.8 Å². The summed E-state index contributed by atoms with van der Waals surface area (Å²) in [7, 11) is 0. The van der Waals surface area contributed by atoms with E-state index in [-0.39, 0.29) is 0 Å². The molecule has 1 fully saturated rings. The standard InChI is InChI=1S/C13H16N4S/c1-9-15-16-13(18-9)17(11-6-7-11)8-10-4-2-3-5-12(10)14/h2-5,11H,6-8,14H2,1H3. The number of rotatable bonds is 4. The first-order chi connectivity index (χ1) is 8.74. The van der Waals surface area contributed by atoms with Crippen LogP contribution in [0.1, 0.15) is 23.4 Å². The molecule has 0 saturated heterocycles. The second kappa shape index (κ2) is 4.57. The highest BCUT2D eigenvalue weighted by atomic mass is 32.1. The van der Waals surface area contributed by atoms with Gasteiger partial charge in [-0.05, 0) is 31.4 Å². The van der Waals surface area contributed by atoms with Crippen LogP contribution in [-0.4, -0.2) is 16.2 Å². The fourth-order valence-electron chi connectivity index (χ4n) is 2.00. The van der Waals surface area contributed by atoms with Gasteiger partial charge in [0.05, 0.1) is 0 Å². The van der Waals surface area contributed by atoms with Crippen LogP contribution in [0.15, 0.2) is 24.3 Å². The molecular formula is C13H16N4S. The minimum absolute atomic E-state index is 0.608. The Morgan fingerprint density at radius 3 is 2.72 bits per heavy atom. The van der Waals surface area contributed by atoms with Crippen molar-refractivity contribution >= 4 is 22.2 Å². The van der Waals surface area contributed by atoms with Crippen LogP contribution < -0.4 is 10.6 Å². The highest BCUT2D eigenvalue weighted by Crippen LogP contribution is 2.35.